The number of ether oxygens (including phenoxy) is 1. The van der Waals surface area contributed by atoms with Crippen molar-refractivity contribution in [1.29, 1.82) is 0 Å². The van der Waals surface area contributed by atoms with Crippen LogP contribution < -0.4 is 4.31 Å². The lowest BCUT2D eigenvalue weighted by molar-refractivity contribution is 0.208. The molecule has 10 heteroatoms. The molecule has 7 nitrogen and oxygen atoms in total. The number of sulfonamides is 1. The van der Waals surface area contributed by atoms with E-state index in [1.54, 1.807) is 6.92 Å². The monoisotopic (exact) mass is 395 g/mol. The maximum Gasteiger partial charge on any atom is 0.270 e. The van der Waals surface area contributed by atoms with E-state index in [0.717, 1.165) is 4.31 Å². The summed E-state index contributed by atoms with van der Waals surface area (Å²) in [5.41, 5.74) is 0. The number of hydrogen-bond donors (Lipinski definition) is 0. The Kier molecular flexibility index (Phi) is 4.87. The second-order valence-corrected chi connectivity index (χ2v) is 6.90. The van der Waals surface area contributed by atoms with Crippen LogP contribution in [0, 0.1) is 6.92 Å². The van der Waals surface area contributed by atoms with E-state index in [1.165, 1.54) is 25.4 Å². The van der Waals surface area contributed by atoms with Gasteiger partial charge in [-0.2, -0.15) is 0 Å². The summed E-state index contributed by atoms with van der Waals surface area (Å²) < 4.78 is 36.4. The number of methoxy groups -OCH3 is 1. The molecule has 0 radical (unpaired) electrons. The zero-order chi connectivity index (χ0) is 15.6. The predicted molar refractivity (Wildman–Crippen MR) is 79.7 cm³/mol. The highest BCUT2D eigenvalue weighted by Gasteiger charge is 2.32. The van der Waals surface area contributed by atoms with E-state index in [0.29, 0.717) is 5.76 Å². The second kappa shape index (κ2) is 6.30. The average molecular weight is 397 g/mol. The molecule has 114 valence electrons. The van der Waals surface area contributed by atoms with Crippen molar-refractivity contribution in [3.8, 4) is 0 Å². The fourth-order valence-corrected chi connectivity index (χ4v) is 3.98. The van der Waals surface area contributed by atoms with Gasteiger partial charge in [0.2, 0.25) is 5.82 Å². The standard InChI is InChI=1S/C11H11BrClN3O4S/c1-7-9(13)11(15-20-7)16(6-19-2)21(17,18)8-4-3-5-14-10(8)12/h3-5H,6H2,1-2H3. The molecule has 0 saturated carbocycles. The maximum absolute atomic E-state index is 12.7. The first-order chi connectivity index (χ1) is 9.89. The molecular formula is C11H11BrClN3O4S. The number of aromatic nitrogens is 2. The van der Waals surface area contributed by atoms with Crippen LogP contribution in [0.3, 0.4) is 0 Å². The van der Waals surface area contributed by atoms with E-state index < -0.39 is 10.0 Å². The van der Waals surface area contributed by atoms with Gasteiger partial charge >= 0.3 is 0 Å². The molecule has 21 heavy (non-hydrogen) atoms. The summed E-state index contributed by atoms with van der Waals surface area (Å²) in [6.45, 7) is 1.31. The van der Waals surface area contributed by atoms with Crippen molar-refractivity contribution in [2.24, 2.45) is 0 Å². The number of anilines is 1. The van der Waals surface area contributed by atoms with Crippen LogP contribution in [0.4, 0.5) is 5.82 Å². The van der Waals surface area contributed by atoms with Crippen LogP contribution in [0.15, 0.2) is 32.4 Å². The van der Waals surface area contributed by atoms with E-state index in [1.807, 2.05) is 0 Å². The number of nitrogens with zero attached hydrogens (tertiary/aromatic N) is 3. The number of pyridine rings is 1. The second-order valence-electron chi connectivity index (χ2n) is 3.94. The van der Waals surface area contributed by atoms with Crippen molar-refractivity contribution in [2.75, 3.05) is 18.1 Å². The molecule has 0 aromatic carbocycles. The van der Waals surface area contributed by atoms with Crippen LogP contribution >= 0.6 is 27.5 Å². The van der Waals surface area contributed by atoms with Gasteiger partial charge in [0.25, 0.3) is 10.0 Å². The zero-order valence-corrected chi connectivity index (χ0v) is 14.2. The van der Waals surface area contributed by atoms with E-state index >= 15 is 0 Å². The minimum atomic E-state index is -3.96. The van der Waals surface area contributed by atoms with Crippen molar-refractivity contribution >= 4 is 43.4 Å². The molecule has 0 aliphatic rings. The molecule has 0 saturated heterocycles. The molecule has 0 aliphatic carbocycles. The predicted octanol–water partition coefficient (Wildman–Crippen LogP) is 2.59. The van der Waals surface area contributed by atoms with Crippen LogP contribution in [0.1, 0.15) is 5.76 Å². The minimum Gasteiger partial charge on any atom is -0.363 e. The first kappa shape index (κ1) is 16.2. The summed E-state index contributed by atoms with van der Waals surface area (Å²) in [5, 5.41) is 3.79. The fourth-order valence-electron chi connectivity index (χ4n) is 1.55. The molecule has 0 fully saturated rings. The van der Waals surface area contributed by atoms with Crippen LogP contribution in [0.25, 0.3) is 0 Å². The number of aryl methyl sites for hydroxylation is 1. The van der Waals surface area contributed by atoms with Crippen molar-refractivity contribution in [3.05, 3.63) is 33.7 Å². The molecule has 2 aromatic rings. The Morgan fingerprint density at radius 1 is 1.52 bits per heavy atom. The Bertz CT molecular complexity index is 750. The summed E-state index contributed by atoms with van der Waals surface area (Å²) in [6, 6.07) is 2.92. The lowest BCUT2D eigenvalue weighted by Gasteiger charge is -2.21. The van der Waals surface area contributed by atoms with Gasteiger partial charge in [-0.1, -0.05) is 16.8 Å². The highest BCUT2D eigenvalue weighted by molar-refractivity contribution is 9.10. The van der Waals surface area contributed by atoms with Crippen molar-refractivity contribution < 1.29 is 17.7 Å². The normalized spacial score (nSPS) is 11.6. The van der Waals surface area contributed by atoms with E-state index in [2.05, 4.69) is 26.1 Å². The topological polar surface area (TPSA) is 85.5 Å². The molecule has 2 heterocycles. The highest BCUT2D eigenvalue weighted by Crippen LogP contribution is 2.33. The van der Waals surface area contributed by atoms with Crippen molar-refractivity contribution in [1.82, 2.24) is 10.1 Å². The Labute approximate surface area is 135 Å². The largest absolute Gasteiger partial charge is 0.363 e. The lowest BCUT2D eigenvalue weighted by atomic mass is 10.5. The van der Waals surface area contributed by atoms with E-state index in [9.17, 15) is 8.42 Å². The zero-order valence-electron chi connectivity index (χ0n) is 11.1. The number of hydrogen-bond acceptors (Lipinski definition) is 6. The lowest BCUT2D eigenvalue weighted by Crippen LogP contribution is -2.33. The maximum atomic E-state index is 12.7. The summed E-state index contributed by atoms with van der Waals surface area (Å²) in [5.74, 6) is 0.278. The third-order valence-electron chi connectivity index (χ3n) is 2.55. The van der Waals surface area contributed by atoms with Gasteiger partial charge in [-0.15, -0.1) is 0 Å². The van der Waals surface area contributed by atoms with Gasteiger partial charge in [0.15, 0.2) is 5.76 Å². The molecule has 0 atom stereocenters. The summed E-state index contributed by atoms with van der Waals surface area (Å²) >= 11 is 9.14. The van der Waals surface area contributed by atoms with Crippen LogP contribution in [0.2, 0.25) is 5.02 Å². The Balaban J connectivity index is 2.57. The number of halogens is 2. The molecule has 0 N–H and O–H groups in total. The molecule has 2 rings (SSSR count). The number of rotatable bonds is 5. The molecule has 0 aliphatic heterocycles. The summed E-state index contributed by atoms with van der Waals surface area (Å²) in [6.07, 6.45) is 1.47. The van der Waals surface area contributed by atoms with Crippen molar-refractivity contribution in [2.45, 2.75) is 11.8 Å². The smallest absolute Gasteiger partial charge is 0.270 e. The highest BCUT2D eigenvalue weighted by atomic mass is 79.9. The summed E-state index contributed by atoms with van der Waals surface area (Å²) in [7, 11) is -2.60. The molecule has 0 bridgehead atoms. The summed E-state index contributed by atoms with van der Waals surface area (Å²) in [4.78, 5) is 3.87. The minimum absolute atomic E-state index is 0.0289. The average Bonchev–Trinajstić information content (AvgIpc) is 2.76. The van der Waals surface area contributed by atoms with Gasteiger partial charge in [-0.3, -0.25) is 0 Å². The van der Waals surface area contributed by atoms with Gasteiger partial charge in [-0.05, 0) is 35.0 Å². The first-order valence-corrected chi connectivity index (χ1v) is 8.24. The van der Waals surface area contributed by atoms with Crippen LogP contribution in [0.5, 0.6) is 0 Å². The van der Waals surface area contributed by atoms with Crippen molar-refractivity contribution in [3.63, 3.8) is 0 Å². The van der Waals surface area contributed by atoms with Gasteiger partial charge < -0.3 is 9.26 Å². The molecule has 0 unspecified atom stereocenters. The fraction of sp³-hybridized carbons (Fsp3) is 0.273. The molecule has 0 spiro atoms. The van der Waals surface area contributed by atoms with Gasteiger partial charge in [0, 0.05) is 13.3 Å². The quantitative estimate of drug-likeness (QED) is 0.570. The van der Waals surface area contributed by atoms with E-state index in [-0.39, 0.29) is 27.1 Å². The molecule has 0 amide bonds. The van der Waals surface area contributed by atoms with Gasteiger partial charge in [-0.25, -0.2) is 17.7 Å². The van der Waals surface area contributed by atoms with E-state index in [4.69, 9.17) is 20.9 Å². The van der Waals surface area contributed by atoms with Gasteiger partial charge in [0.1, 0.15) is 21.3 Å². The van der Waals surface area contributed by atoms with Gasteiger partial charge in [0.05, 0.1) is 0 Å². The third kappa shape index (κ3) is 3.05. The Morgan fingerprint density at radius 3 is 2.76 bits per heavy atom. The SMILES string of the molecule is COCN(c1noc(C)c1Cl)S(=O)(=O)c1cccnc1Br. The Hall–Kier alpha value is -1.16. The Morgan fingerprint density at radius 2 is 2.24 bits per heavy atom. The third-order valence-corrected chi connectivity index (χ3v) is 5.62. The molecule has 2 aromatic heterocycles. The molecular weight excluding hydrogens is 386 g/mol. The van der Waals surface area contributed by atoms with Crippen LogP contribution in [-0.4, -0.2) is 32.4 Å². The van der Waals surface area contributed by atoms with Crippen LogP contribution in [-0.2, 0) is 14.8 Å². The first-order valence-electron chi connectivity index (χ1n) is 5.63.